The second-order valence-electron chi connectivity index (χ2n) is 7.59. The molecular formula is C20H31ClN4O. The van der Waals surface area contributed by atoms with Crippen LogP contribution in [-0.4, -0.2) is 56.2 Å². The predicted octanol–water partition coefficient (Wildman–Crippen LogP) is 3.34. The van der Waals surface area contributed by atoms with Gasteiger partial charge in [-0.15, -0.1) is 0 Å². The number of carbonyl (C=O) groups is 1. The Balaban J connectivity index is 1.31. The van der Waals surface area contributed by atoms with E-state index in [1.54, 1.807) is 0 Å². The van der Waals surface area contributed by atoms with E-state index in [2.05, 4.69) is 39.5 Å². The second-order valence-corrected chi connectivity index (χ2v) is 8.03. The first-order valence-electron chi connectivity index (χ1n) is 9.88. The fourth-order valence-electron chi connectivity index (χ4n) is 3.99. The van der Waals surface area contributed by atoms with Gasteiger partial charge in [-0.3, -0.25) is 4.90 Å². The lowest BCUT2D eigenvalue weighted by atomic mass is 10.0. The molecule has 1 aromatic rings. The van der Waals surface area contributed by atoms with E-state index in [1.165, 1.54) is 24.9 Å². The fourth-order valence-corrected chi connectivity index (χ4v) is 4.11. The average Bonchev–Trinajstić information content (AvgIpc) is 3.11. The molecule has 0 aliphatic carbocycles. The van der Waals surface area contributed by atoms with Crippen molar-refractivity contribution in [2.45, 2.75) is 38.6 Å². The number of halogens is 1. The average molecular weight is 379 g/mol. The molecule has 1 aromatic carbocycles. The molecule has 2 atom stereocenters. The highest BCUT2D eigenvalue weighted by atomic mass is 35.5. The lowest BCUT2D eigenvalue weighted by Crippen LogP contribution is -2.45. The van der Waals surface area contributed by atoms with Gasteiger partial charge in [0.1, 0.15) is 0 Å². The van der Waals surface area contributed by atoms with Crippen molar-refractivity contribution < 1.29 is 4.79 Å². The molecule has 26 heavy (non-hydrogen) atoms. The van der Waals surface area contributed by atoms with Crippen LogP contribution in [0.5, 0.6) is 0 Å². The standard InChI is InChI=1S/C20H31ClN4O/c1-16-4-2-3-11-24(16)13-10-22-20(26)23-14-17-9-12-25(15-17)19-7-5-18(21)6-8-19/h5-8,16-17H,2-4,9-15H2,1H3,(H2,22,23,26)/t16-,17+/m0/s1. The molecular weight excluding hydrogens is 348 g/mol. The minimum absolute atomic E-state index is 0.0420. The Hall–Kier alpha value is -1.46. The van der Waals surface area contributed by atoms with Crippen molar-refractivity contribution in [2.75, 3.05) is 44.2 Å². The molecule has 2 N–H and O–H groups in total. The van der Waals surface area contributed by atoms with Crippen molar-refractivity contribution in [3.63, 3.8) is 0 Å². The molecule has 2 amide bonds. The highest BCUT2D eigenvalue weighted by molar-refractivity contribution is 6.30. The maximum absolute atomic E-state index is 12.0. The van der Waals surface area contributed by atoms with Crippen LogP contribution in [0.3, 0.4) is 0 Å². The summed E-state index contributed by atoms with van der Waals surface area (Å²) in [5, 5.41) is 6.81. The number of likely N-dealkylation sites (tertiary alicyclic amines) is 1. The number of piperidine rings is 1. The quantitative estimate of drug-likeness (QED) is 0.798. The molecule has 2 aliphatic heterocycles. The van der Waals surface area contributed by atoms with Crippen molar-refractivity contribution in [1.29, 1.82) is 0 Å². The van der Waals surface area contributed by atoms with Gasteiger partial charge in [-0.25, -0.2) is 4.79 Å². The summed E-state index contributed by atoms with van der Waals surface area (Å²) in [6.45, 7) is 7.85. The molecule has 2 aliphatic rings. The summed E-state index contributed by atoms with van der Waals surface area (Å²) in [4.78, 5) is 16.9. The zero-order valence-corrected chi connectivity index (χ0v) is 16.5. The van der Waals surface area contributed by atoms with Crippen LogP contribution in [0, 0.1) is 5.92 Å². The number of urea groups is 1. The molecule has 5 nitrogen and oxygen atoms in total. The third kappa shape index (κ3) is 5.52. The van der Waals surface area contributed by atoms with Crippen LogP contribution in [-0.2, 0) is 0 Å². The summed E-state index contributed by atoms with van der Waals surface area (Å²) in [7, 11) is 0. The van der Waals surface area contributed by atoms with E-state index in [4.69, 9.17) is 11.6 Å². The number of amides is 2. The third-order valence-electron chi connectivity index (χ3n) is 5.65. The van der Waals surface area contributed by atoms with E-state index in [-0.39, 0.29) is 6.03 Å². The second kappa shape index (κ2) is 9.47. The fraction of sp³-hybridized carbons (Fsp3) is 0.650. The summed E-state index contributed by atoms with van der Waals surface area (Å²) in [5.41, 5.74) is 1.21. The van der Waals surface area contributed by atoms with Crippen LogP contribution < -0.4 is 15.5 Å². The zero-order chi connectivity index (χ0) is 18.4. The molecule has 0 unspecified atom stereocenters. The van der Waals surface area contributed by atoms with Crippen LogP contribution in [0.2, 0.25) is 5.02 Å². The normalized spacial score (nSPS) is 23.8. The number of benzene rings is 1. The summed E-state index contributed by atoms with van der Waals surface area (Å²) in [6.07, 6.45) is 4.99. The predicted molar refractivity (Wildman–Crippen MR) is 108 cm³/mol. The first kappa shape index (κ1) is 19.3. The molecule has 0 aromatic heterocycles. The van der Waals surface area contributed by atoms with Gasteiger partial charge in [-0.1, -0.05) is 18.0 Å². The van der Waals surface area contributed by atoms with E-state index in [0.29, 0.717) is 12.0 Å². The monoisotopic (exact) mass is 378 g/mol. The SMILES string of the molecule is C[C@H]1CCCCN1CCNC(=O)NC[C@H]1CCN(c2ccc(Cl)cc2)C1. The zero-order valence-electron chi connectivity index (χ0n) is 15.7. The van der Waals surface area contributed by atoms with Gasteiger partial charge in [-0.2, -0.15) is 0 Å². The van der Waals surface area contributed by atoms with Crippen molar-refractivity contribution in [1.82, 2.24) is 15.5 Å². The van der Waals surface area contributed by atoms with Crippen LogP contribution in [0.1, 0.15) is 32.6 Å². The Labute approximate surface area is 162 Å². The number of hydrogen-bond acceptors (Lipinski definition) is 3. The van der Waals surface area contributed by atoms with Crippen LogP contribution in [0.25, 0.3) is 0 Å². The number of rotatable bonds is 6. The van der Waals surface area contributed by atoms with E-state index >= 15 is 0 Å². The molecule has 3 rings (SSSR count). The molecule has 0 radical (unpaired) electrons. The van der Waals surface area contributed by atoms with E-state index in [0.717, 1.165) is 50.7 Å². The minimum atomic E-state index is -0.0420. The Morgan fingerprint density at radius 1 is 1.15 bits per heavy atom. The van der Waals surface area contributed by atoms with E-state index < -0.39 is 0 Å². The van der Waals surface area contributed by atoms with Gasteiger partial charge in [0.15, 0.2) is 0 Å². The lowest BCUT2D eigenvalue weighted by molar-refractivity contribution is 0.161. The number of nitrogens with zero attached hydrogens (tertiary/aromatic N) is 2. The van der Waals surface area contributed by atoms with Crippen molar-refractivity contribution in [3.05, 3.63) is 29.3 Å². The van der Waals surface area contributed by atoms with Crippen LogP contribution >= 0.6 is 11.6 Å². The largest absolute Gasteiger partial charge is 0.371 e. The number of anilines is 1. The molecule has 0 saturated carbocycles. The van der Waals surface area contributed by atoms with E-state index in [1.807, 2.05) is 12.1 Å². The first-order chi connectivity index (χ1) is 12.6. The highest BCUT2D eigenvalue weighted by Gasteiger charge is 2.23. The highest BCUT2D eigenvalue weighted by Crippen LogP contribution is 2.24. The van der Waals surface area contributed by atoms with Gasteiger partial charge in [0, 0.05) is 49.5 Å². The lowest BCUT2D eigenvalue weighted by Gasteiger charge is -2.33. The maximum Gasteiger partial charge on any atom is 0.314 e. The molecule has 0 bridgehead atoms. The number of carbonyl (C=O) groups excluding carboxylic acids is 1. The van der Waals surface area contributed by atoms with Gasteiger partial charge in [-0.05, 0) is 62.9 Å². The molecule has 2 saturated heterocycles. The van der Waals surface area contributed by atoms with Gasteiger partial charge in [0.05, 0.1) is 0 Å². The van der Waals surface area contributed by atoms with Crippen LogP contribution in [0.4, 0.5) is 10.5 Å². The molecule has 144 valence electrons. The molecule has 2 heterocycles. The van der Waals surface area contributed by atoms with Gasteiger partial charge in [0.2, 0.25) is 0 Å². The summed E-state index contributed by atoms with van der Waals surface area (Å²) in [5.74, 6) is 0.499. The third-order valence-corrected chi connectivity index (χ3v) is 5.91. The summed E-state index contributed by atoms with van der Waals surface area (Å²) < 4.78 is 0. The van der Waals surface area contributed by atoms with Crippen LogP contribution in [0.15, 0.2) is 24.3 Å². The minimum Gasteiger partial charge on any atom is -0.371 e. The maximum atomic E-state index is 12.0. The van der Waals surface area contributed by atoms with Crippen molar-refractivity contribution >= 4 is 23.3 Å². The van der Waals surface area contributed by atoms with E-state index in [9.17, 15) is 4.79 Å². The van der Waals surface area contributed by atoms with Crippen molar-refractivity contribution in [2.24, 2.45) is 5.92 Å². The Morgan fingerprint density at radius 3 is 2.73 bits per heavy atom. The number of hydrogen-bond donors (Lipinski definition) is 2. The van der Waals surface area contributed by atoms with Crippen molar-refractivity contribution in [3.8, 4) is 0 Å². The Morgan fingerprint density at radius 2 is 1.96 bits per heavy atom. The topological polar surface area (TPSA) is 47.6 Å². The smallest absolute Gasteiger partial charge is 0.314 e. The Kier molecular flexibility index (Phi) is 7.03. The first-order valence-corrected chi connectivity index (χ1v) is 10.3. The summed E-state index contributed by atoms with van der Waals surface area (Å²) >= 11 is 5.95. The molecule has 0 spiro atoms. The molecule has 6 heteroatoms. The Bertz CT molecular complexity index is 580. The summed E-state index contributed by atoms with van der Waals surface area (Å²) in [6, 6.07) is 8.59. The van der Waals surface area contributed by atoms with Gasteiger partial charge >= 0.3 is 6.03 Å². The molecule has 2 fully saturated rings. The van der Waals surface area contributed by atoms with Gasteiger partial charge in [0.25, 0.3) is 0 Å². The number of nitrogens with one attached hydrogen (secondary N) is 2. The van der Waals surface area contributed by atoms with Gasteiger partial charge < -0.3 is 15.5 Å².